The minimum atomic E-state index is -0.0541. The van der Waals surface area contributed by atoms with E-state index in [1.165, 1.54) is 0 Å². The summed E-state index contributed by atoms with van der Waals surface area (Å²) < 4.78 is 32.5. The highest BCUT2D eigenvalue weighted by molar-refractivity contribution is 6.09. The Morgan fingerprint density at radius 2 is 0.875 bits per heavy atom. The van der Waals surface area contributed by atoms with Crippen molar-refractivity contribution in [2.45, 2.75) is 13.8 Å². The fourth-order valence-corrected chi connectivity index (χ4v) is 2.74. The molecular weight excluding hydrogens is 412 g/mol. The van der Waals surface area contributed by atoms with Crippen molar-refractivity contribution in [2.75, 3.05) is 66.1 Å². The third kappa shape index (κ3) is 10.2. The van der Waals surface area contributed by atoms with E-state index in [0.29, 0.717) is 88.7 Å². The van der Waals surface area contributed by atoms with Crippen LogP contribution in [0.3, 0.4) is 0 Å². The van der Waals surface area contributed by atoms with Gasteiger partial charge in [-0.15, -0.1) is 0 Å². The highest BCUT2D eigenvalue weighted by Gasteiger charge is 2.09. The highest BCUT2D eigenvalue weighted by Crippen LogP contribution is 2.18. The van der Waals surface area contributed by atoms with Gasteiger partial charge in [-0.3, -0.25) is 4.79 Å². The smallest absolute Gasteiger partial charge is 0.193 e. The summed E-state index contributed by atoms with van der Waals surface area (Å²) in [5, 5.41) is 0. The predicted octanol–water partition coefficient (Wildman–Crippen LogP) is 3.78. The molecule has 0 saturated heterocycles. The van der Waals surface area contributed by atoms with Gasteiger partial charge >= 0.3 is 0 Å². The molecule has 0 N–H and O–H groups in total. The monoisotopic (exact) mass is 446 g/mol. The number of ether oxygens (including phenoxy) is 6. The van der Waals surface area contributed by atoms with Gasteiger partial charge < -0.3 is 28.4 Å². The highest BCUT2D eigenvalue weighted by atomic mass is 16.5. The van der Waals surface area contributed by atoms with E-state index in [4.69, 9.17) is 28.4 Å². The van der Waals surface area contributed by atoms with Crippen LogP contribution in [0.2, 0.25) is 0 Å². The average molecular weight is 447 g/mol. The predicted molar refractivity (Wildman–Crippen MR) is 122 cm³/mol. The van der Waals surface area contributed by atoms with E-state index in [9.17, 15) is 4.79 Å². The minimum Gasteiger partial charge on any atom is -0.491 e. The Morgan fingerprint density at radius 1 is 0.531 bits per heavy atom. The van der Waals surface area contributed by atoms with Crippen LogP contribution < -0.4 is 9.47 Å². The van der Waals surface area contributed by atoms with Crippen LogP contribution in [0.25, 0.3) is 0 Å². The van der Waals surface area contributed by atoms with Crippen LogP contribution in [0.1, 0.15) is 29.8 Å². The average Bonchev–Trinajstić information content (AvgIpc) is 2.83. The maximum atomic E-state index is 12.7. The maximum absolute atomic E-state index is 12.7. The number of benzene rings is 2. The van der Waals surface area contributed by atoms with E-state index >= 15 is 0 Å². The molecule has 7 nitrogen and oxygen atoms in total. The summed E-state index contributed by atoms with van der Waals surface area (Å²) in [5.41, 5.74) is 1.20. The van der Waals surface area contributed by atoms with Gasteiger partial charge in [0.2, 0.25) is 0 Å². The Morgan fingerprint density at radius 3 is 1.25 bits per heavy atom. The lowest BCUT2D eigenvalue weighted by molar-refractivity contribution is 0.0405. The Kier molecular flexibility index (Phi) is 13.1. The van der Waals surface area contributed by atoms with Crippen molar-refractivity contribution < 1.29 is 33.2 Å². The largest absolute Gasteiger partial charge is 0.491 e. The van der Waals surface area contributed by atoms with Crippen LogP contribution in [0.15, 0.2) is 48.5 Å². The van der Waals surface area contributed by atoms with E-state index in [2.05, 4.69) is 0 Å². The molecule has 0 aliphatic rings. The zero-order valence-electron chi connectivity index (χ0n) is 19.0. The summed E-state index contributed by atoms with van der Waals surface area (Å²) in [7, 11) is 0. The van der Waals surface area contributed by atoms with E-state index < -0.39 is 0 Å². The minimum absolute atomic E-state index is 0.0541. The van der Waals surface area contributed by atoms with Crippen molar-refractivity contribution in [3.63, 3.8) is 0 Å². The number of rotatable bonds is 18. The molecule has 0 radical (unpaired) electrons. The zero-order valence-corrected chi connectivity index (χ0v) is 19.0. The summed E-state index contributed by atoms with van der Waals surface area (Å²) in [6.45, 7) is 9.42. The first-order valence-electron chi connectivity index (χ1n) is 11.1. The summed E-state index contributed by atoms with van der Waals surface area (Å²) >= 11 is 0. The molecule has 0 heterocycles. The van der Waals surface area contributed by atoms with E-state index in [1.807, 2.05) is 13.8 Å². The van der Waals surface area contributed by atoms with Crippen LogP contribution in [-0.2, 0) is 18.9 Å². The Balaban J connectivity index is 1.69. The van der Waals surface area contributed by atoms with Crippen molar-refractivity contribution >= 4 is 5.78 Å². The Labute approximate surface area is 190 Å². The third-order valence-electron chi connectivity index (χ3n) is 4.38. The van der Waals surface area contributed by atoms with Crippen LogP contribution in [0.4, 0.5) is 0 Å². The first kappa shape index (κ1) is 25.8. The van der Waals surface area contributed by atoms with E-state index in [-0.39, 0.29) is 5.78 Å². The lowest BCUT2D eigenvalue weighted by atomic mass is 10.0. The molecule has 2 aromatic carbocycles. The van der Waals surface area contributed by atoms with Gasteiger partial charge in [0.25, 0.3) is 0 Å². The number of carbonyl (C=O) groups excluding carboxylic acids is 1. The number of hydrogen-bond acceptors (Lipinski definition) is 7. The molecule has 7 heteroatoms. The lowest BCUT2D eigenvalue weighted by Gasteiger charge is -2.09. The zero-order chi connectivity index (χ0) is 22.9. The summed E-state index contributed by atoms with van der Waals surface area (Å²) in [4.78, 5) is 12.7. The quantitative estimate of drug-likeness (QED) is 0.255. The molecule has 2 rings (SSSR count). The number of ketones is 1. The first-order valence-corrected chi connectivity index (χ1v) is 11.1. The molecule has 0 atom stereocenters. The second-order valence-corrected chi connectivity index (χ2v) is 6.69. The summed E-state index contributed by atoms with van der Waals surface area (Å²) in [5.74, 6) is 1.34. The van der Waals surface area contributed by atoms with Gasteiger partial charge in [0, 0.05) is 24.3 Å². The third-order valence-corrected chi connectivity index (χ3v) is 4.38. The molecular formula is C25H34O7. The first-order chi connectivity index (χ1) is 15.7. The van der Waals surface area contributed by atoms with Crippen LogP contribution >= 0.6 is 0 Å². The second-order valence-electron chi connectivity index (χ2n) is 6.69. The molecule has 32 heavy (non-hydrogen) atoms. The summed E-state index contributed by atoms with van der Waals surface area (Å²) in [6, 6.07) is 14.2. The van der Waals surface area contributed by atoms with Gasteiger partial charge in [0.05, 0.1) is 39.6 Å². The van der Waals surface area contributed by atoms with Crippen LogP contribution in [0.5, 0.6) is 11.5 Å². The van der Waals surface area contributed by atoms with Crippen LogP contribution in [0, 0.1) is 0 Å². The van der Waals surface area contributed by atoms with Crippen molar-refractivity contribution in [3.05, 3.63) is 59.7 Å². The topological polar surface area (TPSA) is 72.5 Å². The molecule has 0 saturated carbocycles. The maximum Gasteiger partial charge on any atom is 0.193 e. The molecule has 0 aliphatic carbocycles. The molecule has 0 bridgehead atoms. The molecule has 0 spiro atoms. The molecule has 176 valence electrons. The van der Waals surface area contributed by atoms with Crippen molar-refractivity contribution in [1.29, 1.82) is 0 Å². The Hall–Kier alpha value is -2.45. The van der Waals surface area contributed by atoms with Gasteiger partial charge in [-0.05, 0) is 62.4 Å². The second kappa shape index (κ2) is 16.2. The molecule has 0 aromatic heterocycles. The van der Waals surface area contributed by atoms with Crippen molar-refractivity contribution in [1.82, 2.24) is 0 Å². The van der Waals surface area contributed by atoms with Gasteiger partial charge in [-0.1, -0.05) is 0 Å². The van der Waals surface area contributed by atoms with E-state index in [1.54, 1.807) is 48.5 Å². The Bertz CT molecular complexity index is 680. The van der Waals surface area contributed by atoms with Gasteiger partial charge in [-0.25, -0.2) is 0 Å². The molecule has 0 unspecified atom stereocenters. The molecule has 2 aromatic rings. The normalized spacial score (nSPS) is 10.8. The van der Waals surface area contributed by atoms with Gasteiger partial charge in [0.1, 0.15) is 24.7 Å². The lowest BCUT2D eigenvalue weighted by Crippen LogP contribution is -2.11. The molecule has 0 aliphatic heterocycles. The number of carbonyl (C=O) groups is 1. The van der Waals surface area contributed by atoms with Crippen LogP contribution in [-0.4, -0.2) is 71.9 Å². The van der Waals surface area contributed by atoms with Crippen molar-refractivity contribution in [2.24, 2.45) is 0 Å². The molecule has 0 amide bonds. The van der Waals surface area contributed by atoms with Crippen molar-refractivity contribution in [3.8, 4) is 11.5 Å². The standard InChI is InChI=1S/C25H34O7/c1-3-27-13-15-29-17-19-31-23-9-5-21(6-10-23)25(26)22-7-11-24(12-8-22)32-20-18-30-16-14-28-4-2/h5-12H,3-4,13-20H2,1-2H3. The fourth-order valence-electron chi connectivity index (χ4n) is 2.74. The molecule has 0 fully saturated rings. The van der Waals surface area contributed by atoms with Gasteiger partial charge in [-0.2, -0.15) is 0 Å². The van der Waals surface area contributed by atoms with E-state index in [0.717, 1.165) is 0 Å². The SMILES string of the molecule is CCOCCOCCOc1ccc(C(=O)c2ccc(OCCOCCOCC)cc2)cc1. The fraction of sp³-hybridized carbons (Fsp3) is 0.480. The van der Waals surface area contributed by atoms with Gasteiger partial charge in [0.15, 0.2) is 5.78 Å². The summed E-state index contributed by atoms with van der Waals surface area (Å²) in [6.07, 6.45) is 0. The number of hydrogen-bond donors (Lipinski definition) is 0.